The van der Waals surface area contributed by atoms with Crippen LogP contribution in [0, 0.1) is 19.3 Å². The third kappa shape index (κ3) is 2.62. The Labute approximate surface area is 126 Å². The van der Waals surface area contributed by atoms with Crippen LogP contribution >= 0.6 is 0 Å². The van der Waals surface area contributed by atoms with Crippen molar-refractivity contribution < 1.29 is 5.11 Å². The molecule has 1 aliphatic carbocycles. The fourth-order valence-electron chi connectivity index (χ4n) is 3.47. The largest absolute Gasteiger partial charge is 0.388 e. The number of nitrogens with zero attached hydrogens (tertiary/aromatic N) is 2. The zero-order valence-electron chi connectivity index (χ0n) is 13.3. The number of aryl methyl sites for hydroxylation is 2. The molecule has 0 aromatic carbocycles. The molecule has 0 bridgehead atoms. The van der Waals surface area contributed by atoms with E-state index in [1.54, 1.807) is 0 Å². The number of rotatable bonds is 2. The molecule has 112 valence electrons. The lowest BCUT2D eigenvalue weighted by molar-refractivity contribution is 0.0981. The second-order valence-corrected chi connectivity index (χ2v) is 7.14. The van der Waals surface area contributed by atoms with Gasteiger partial charge in [0.25, 0.3) is 0 Å². The summed E-state index contributed by atoms with van der Waals surface area (Å²) in [5, 5.41) is 10.4. The molecule has 1 N–H and O–H groups in total. The molecular formula is C18H24N2O. The zero-order valence-corrected chi connectivity index (χ0v) is 13.3. The predicted molar refractivity (Wildman–Crippen MR) is 84.3 cm³/mol. The van der Waals surface area contributed by atoms with Gasteiger partial charge in [-0.1, -0.05) is 13.8 Å². The van der Waals surface area contributed by atoms with Crippen molar-refractivity contribution in [3.8, 4) is 0 Å². The fraction of sp³-hybridized carbons (Fsp3) is 0.500. The van der Waals surface area contributed by atoms with E-state index in [-0.39, 0.29) is 11.5 Å². The number of hydrogen-bond acceptors (Lipinski definition) is 2. The molecular weight excluding hydrogens is 260 g/mol. The van der Waals surface area contributed by atoms with Gasteiger partial charge in [0.2, 0.25) is 0 Å². The van der Waals surface area contributed by atoms with Crippen molar-refractivity contribution in [2.45, 2.75) is 53.2 Å². The lowest BCUT2D eigenvalue weighted by atomic mass is 9.75. The average Bonchev–Trinajstić information content (AvgIpc) is 2.69. The first kappa shape index (κ1) is 14.3. The molecule has 2 heterocycles. The van der Waals surface area contributed by atoms with Gasteiger partial charge >= 0.3 is 0 Å². The number of aromatic nitrogens is 2. The highest BCUT2D eigenvalue weighted by atomic mass is 16.3. The molecule has 0 spiro atoms. The van der Waals surface area contributed by atoms with E-state index in [4.69, 9.17) is 0 Å². The van der Waals surface area contributed by atoms with Crippen LogP contribution in [0.1, 0.15) is 54.5 Å². The van der Waals surface area contributed by atoms with Crippen molar-refractivity contribution in [3.05, 3.63) is 52.6 Å². The minimum Gasteiger partial charge on any atom is -0.388 e. The maximum absolute atomic E-state index is 10.4. The molecule has 3 nitrogen and oxygen atoms in total. The van der Waals surface area contributed by atoms with E-state index in [1.807, 2.05) is 12.4 Å². The van der Waals surface area contributed by atoms with Crippen LogP contribution in [0.25, 0.3) is 0 Å². The molecule has 0 fully saturated rings. The van der Waals surface area contributed by atoms with Gasteiger partial charge < -0.3 is 9.67 Å². The summed E-state index contributed by atoms with van der Waals surface area (Å²) < 4.78 is 2.36. The summed E-state index contributed by atoms with van der Waals surface area (Å²) in [6.45, 7) is 9.58. The Morgan fingerprint density at radius 2 is 2.14 bits per heavy atom. The minimum absolute atomic E-state index is 0.155. The molecule has 2 aromatic rings. The van der Waals surface area contributed by atoms with Crippen LogP contribution in [0.5, 0.6) is 0 Å². The molecule has 2 aromatic heterocycles. The summed E-state index contributed by atoms with van der Waals surface area (Å²) in [5.41, 5.74) is 6.32. The predicted octanol–water partition coefficient (Wildman–Crippen LogP) is 3.55. The Bertz CT molecular complexity index is 670. The SMILES string of the molecule is Cc1cnccc1Cn1c(C)cc2c1CC(C)(C)CC2O. The minimum atomic E-state index is -0.331. The van der Waals surface area contributed by atoms with Crippen LogP contribution in [0.4, 0.5) is 0 Å². The van der Waals surface area contributed by atoms with Gasteiger partial charge in [-0.15, -0.1) is 0 Å². The van der Waals surface area contributed by atoms with Crippen molar-refractivity contribution in [3.63, 3.8) is 0 Å². The molecule has 1 unspecified atom stereocenters. The first-order chi connectivity index (χ1) is 9.87. The van der Waals surface area contributed by atoms with Crippen molar-refractivity contribution in [1.82, 2.24) is 9.55 Å². The summed E-state index contributed by atoms with van der Waals surface area (Å²) in [5.74, 6) is 0. The van der Waals surface area contributed by atoms with Crippen LogP contribution in [0.2, 0.25) is 0 Å². The Balaban J connectivity index is 2.03. The van der Waals surface area contributed by atoms with E-state index in [2.05, 4.69) is 49.4 Å². The Morgan fingerprint density at radius 3 is 2.86 bits per heavy atom. The average molecular weight is 284 g/mol. The van der Waals surface area contributed by atoms with E-state index in [9.17, 15) is 5.11 Å². The van der Waals surface area contributed by atoms with Crippen LogP contribution in [0.15, 0.2) is 24.5 Å². The standard InChI is InChI=1S/C18H24N2O/c1-12-10-19-6-5-14(12)11-20-13(2)7-15-16(20)8-18(3,4)9-17(15)21/h5-7,10,17,21H,8-9,11H2,1-4H3. The third-order valence-corrected chi connectivity index (χ3v) is 4.67. The Kier molecular flexibility index (Phi) is 3.40. The molecule has 0 saturated heterocycles. The van der Waals surface area contributed by atoms with Gasteiger partial charge in [0.1, 0.15) is 0 Å². The van der Waals surface area contributed by atoms with Crippen LogP contribution in [-0.4, -0.2) is 14.7 Å². The first-order valence-corrected chi connectivity index (χ1v) is 7.64. The summed E-state index contributed by atoms with van der Waals surface area (Å²) in [4.78, 5) is 4.17. The molecule has 1 atom stereocenters. The van der Waals surface area contributed by atoms with Gasteiger partial charge in [-0.2, -0.15) is 0 Å². The van der Waals surface area contributed by atoms with Crippen molar-refractivity contribution in [2.75, 3.05) is 0 Å². The van der Waals surface area contributed by atoms with Gasteiger partial charge in [-0.3, -0.25) is 4.98 Å². The topological polar surface area (TPSA) is 38.0 Å². The van der Waals surface area contributed by atoms with Gasteiger partial charge in [0.05, 0.1) is 6.10 Å². The summed E-state index contributed by atoms with van der Waals surface area (Å²) in [6.07, 6.45) is 5.31. The molecule has 21 heavy (non-hydrogen) atoms. The molecule has 1 aliphatic rings. The Morgan fingerprint density at radius 1 is 1.38 bits per heavy atom. The molecule has 0 radical (unpaired) electrons. The normalized spacial score (nSPS) is 20.3. The zero-order chi connectivity index (χ0) is 15.2. The summed E-state index contributed by atoms with van der Waals surface area (Å²) in [6, 6.07) is 4.25. The molecule has 0 aliphatic heterocycles. The highest BCUT2D eigenvalue weighted by Gasteiger charge is 2.34. The fourth-order valence-corrected chi connectivity index (χ4v) is 3.47. The van der Waals surface area contributed by atoms with Crippen LogP contribution in [-0.2, 0) is 13.0 Å². The van der Waals surface area contributed by atoms with Gasteiger partial charge in [-0.05, 0) is 55.4 Å². The van der Waals surface area contributed by atoms with E-state index < -0.39 is 0 Å². The second kappa shape index (κ2) is 4.99. The van der Waals surface area contributed by atoms with Gasteiger partial charge in [0, 0.05) is 35.9 Å². The highest BCUT2D eigenvalue weighted by Crippen LogP contribution is 2.42. The molecule has 0 amide bonds. The number of aliphatic hydroxyl groups excluding tert-OH is 1. The summed E-state index contributed by atoms with van der Waals surface area (Å²) >= 11 is 0. The summed E-state index contributed by atoms with van der Waals surface area (Å²) in [7, 11) is 0. The van der Waals surface area contributed by atoms with E-state index in [0.29, 0.717) is 0 Å². The smallest absolute Gasteiger partial charge is 0.0812 e. The number of aliphatic hydroxyl groups is 1. The van der Waals surface area contributed by atoms with E-state index in [0.717, 1.165) is 24.9 Å². The number of fused-ring (bicyclic) bond motifs is 1. The number of hydrogen-bond donors (Lipinski definition) is 1. The molecule has 3 heteroatoms. The maximum Gasteiger partial charge on any atom is 0.0812 e. The first-order valence-electron chi connectivity index (χ1n) is 7.64. The quantitative estimate of drug-likeness (QED) is 0.915. The lowest BCUT2D eigenvalue weighted by Crippen LogP contribution is -2.27. The monoisotopic (exact) mass is 284 g/mol. The maximum atomic E-state index is 10.4. The van der Waals surface area contributed by atoms with Crippen LogP contribution in [0.3, 0.4) is 0 Å². The number of pyridine rings is 1. The van der Waals surface area contributed by atoms with Crippen LogP contribution < -0.4 is 0 Å². The van der Waals surface area contributed by atoms with Crippen molar-refractivity contribution in [1.29, 1.82) is 0 Å². The third-order valence-electron chi connectivity index (χ3n) is 4.67. The van der Waals surface area contributed by atoms with Crippen molar-refractivity contribution in [2.24, 2.45) is 5.41 Å². The Hall–Kier alpha value is -1.61. The highest BCUT2D eigenvalue weighted by molar-refractivity contribution is 5.35. The molecule has 3 rings (SSSR count). The lowest BCUT2D eigenvalue weighted by Gasteiger charge is -2.34. The van der Waals surface area contributed by atoms with E-state index >= 15 is 0 Å². The van der Waals surface area contributed by atoms with E-state index in [1.165, 1.54) is 22.5 Å². The van der Waals surface area contributed by atoms with Gasteiger partial charge in [0.15, 0.2) is 0 Å². The molecule has 0 saturated carbocycles. The second-order valence-electron chi connectivity index (χ2n) is 7.14. The van der Waals surface area contributed by atoms with Crippen molar-refractivity contribution >= 4 is 0 Å². The van der Waals surface area contributed by atoms with Gasteiger partial charge in [-0.25, -0.2) is 0 Å².